The Morgan fingerprint density at radius 1 is 1.37 bits per heavy atom. The maximum atomic E-state index is 6.18. The third-order valence-electron chi connectivity index (χ3n) is 3.04. The van der Waals surface area contributed by atoms with Gasteiger partial charge >= 0.3 is 0 Å². The Labute approximate surface area is 121 Å². The number of hydrogen-bond acceptors (Lipinski definition) is 3. The number of likely N-dealkylation sites (N-methyl/N-ethyl adjacent to an activating group) is 1. The van der Waals surface area contributed by atoms with E-state index in [0.29, 0.717) is 17.3 Å². The molecule has 4 heteroatoms. The molecule has 108 valence electrons. The van der Waals surface area contributed by atoms with Crippen LogP contribution in [0.4, 0.5) is 0 Å². The number of hydrogen-bond donors (Lipinski definition) is 1. The normalized spacial score (nSPS) is 13.7. The van der Waals surface area contributed by atoms with Crippen molar-refractivity contribution in [3.05, 3.63) is 28.8 Å². The zero-order valence-electron chi connectivity index (χ0n) is 12.5. The largest absolute Gasteiger partial charge is 0.495 e. The lowest BCUT2D eigenvalue weighted by Gasteiger charge is -2.33. The summed E-state index contributed by atoms with van der Waals surface area (Å²) >= 11 is 6.18. The number of nitrogens with two attached hydrogens (primary N) is 1. The van der Waals surface area contributed by atoms with Gasteiger partial charge in [0.1, 0.15) is 5.75 Å². The summed E-state index contributed by atoms with van der Waals surface area (Å²) in [4.78, 5) is 2.28. The van der Waals surface area contributed by atoms with Gasteiger partial charge in [-0.05, 0) is 30.2 Å². The van der Waals surface area contributed by atoms with Crippen LogP contribution in [-0.2, 0) is 0 Å². The van der Waals surface area contributed by atoms with Crippen LogP contribution in [0.25, 0.3) is 0 Å². The zero-order chi connectivity index (χ0) is 14.6. The van der Waals surface area contributed by atoms with E-state index in [1.54, 1.807) is 7.11 Å². The molecule has 0 bridgehead atoms. The summed E-state index contributed by atoms with van der Waals surface area (Å²) in [5.41, 5.74) is 7.29. The molecule has 2 N–H and O–H groups in total. The number of rotatable bonds is 5. The molecule has 0 aliphatic heterocycles. The molecule has 0 saturated carbocycles. The first kappa shape index (κ1) is 16.3. The second-order valence-corrected chi connectivity index (χ2v) is 6.53. The Bertz CT molecular complexity index is 415. The highest BCUT2D eigenvalue weighted by Gasteiger charge is 2.21. The van der Waals surface area contributed by atoms with Gasteiger partial charge in [-0.1, -0.05) is 38.4 Å². The molecule has 1 atom stereocenters. The molecule has 1 aromatic carbocycles. The van der Waals surface area contributed by atoms with Gasteiger partial charge in [-0.2, -0.15) is 0 Å². The molecular weight excluding hydrogens is 260 g/mol. The van der Waals surface area contributed by atoms with Crippen molar-refractivity contribution in [1.82, 2.24) is 4.90 Å². The van der Waals surface area contributed by atoms with Crippen LogP contribution in [-0.4, -0.2) is 32.1 Å². The summed E-state index contributed by atoms with van der Waals surface area (Å²) in [5.74, 6) is 0.694. The van der Waals surface area contributed by atoms with E-state index < -0.39 is 0 Å². The lowest BCUT2D eigenvalue weighted by Crippen LogP contribution is -2.36. The number of halogens is 1. The van der Waals surface area contributed by atoms with Crippen LogP contribution < -0.4 is 10.5 Å². The van der Waals surface area contributed by atoms with Crippen molar-refractivity contribution in [2.24, 2.45) is 11.1 Å². The minimum Gasteiger partial charge on any atom is -0.495 e. The van der Waals surface area contributed by atoms with Crippen molar-refractivity contribution < 1.29 is 4.74 Å². The maximum absolute atomic E-state index is 6.18. The van der Waals surface area contributed by atoms with Gasteiger partial charge in [0.15, 0.2) is 0 Å². The van der Waals surface area contributed by atoms with Gasteiger partial charge < -0.3 is 10.5 Å². The fraction of sp³-hybridized carbons (Fsp3) is 0.600. The molecule has 0 heterocycles. The first-order valence-electron chi connectivity index (χ1n) is 6.52. The van der Waals surface area contributed by atoms with Crippen LogP contribution in [0.2, 0.25) is 5.02 Å². The highest BCUT2D eigenvalue weighted by atomic mass is 35.5. The quantitative estimate of drug-likeness (QED) is 0.901. The monoisotopic (exact) mass is 284 g/mol. The number of methoxy groups -OCH3 is 1. The standard InChI is InChI=1S/C15H25ClN2O/c1-15(2,3)10-18(4)13(9-17)11-6-7-14(19-5)12(16)8-11/h6-8,13H,9-10,17H2,1-5H3. The highest BCUT2D eigenvalue weighted by molar-refractivity contribution is 6.32. The van der Waals surface area contributed by atoms with Gasteiger partial charge in [-0.15, -0.1) is 0 Å². The Hall–Kier alpha value is -0.770. The molecule has 0 aliphatic rings. The number of nitrogens with zero attached hydrogens (tertiary/aromatic N) is 1. The van der Waals surface area contributed by atoms with Crippen molar-refractivity contribution in [3.63, 3.8) is 0 Å². The minimum atomic E-state index is 0.169. The predicted octanol–water partition coefficient (Wildman–Crippen LogP) is 3.33. The zero-order valence-corrected chi connectivity index (χ0v) is 13.3. The van der Waals surface area contributed by atoms with E-state index in [4.69, 9.17) is 22.1 Å². The van der Waals surface area contributed by atoms with Gasteiger partial charge in [0.05, 0.1) is 12.1 Å². The van der Waals surface area contributed by atoms with Crippen molar-refractivity contribution in [2.75, 3.05) is 27.2 Å². The van der Waals surface area contributed by atoms with Crippen LogP contribution in [0.3, 0.4) is 0 Å². The summed E-state index contributed by atoms with van der Waals surface area (Å²) in [6, 6.07) is 6.03. The lowest BCUT2D eigenvalue weighted by atomic mass is 9.94. The van der Waals surface area contributed by atoms with Crippen LogP contribution in [0, 0.1) is 5.41 Å². The first-order chi connectivity index (χ1) is 8.78. The minimum absolute atomic E-state index is 0.169. The molecule has 0 saturated heterocycles. The maximum Gasteiger partial charge on any atom is 0.137 e. The third-order valence-corrected chi connectivity index (χ3v) is 3.34. The fourth-order valence-electron chi connectivity index (χ4n) is 2.32. The van der Waals surface area contributed by atoms with Crippen molar-refractivity contribution in [1.29, 1.82) is 0 Å². The van der Waals surface area contributed by atoms with E-state index in [2.05, 4.69) is 32.7 Å². The lowest BCUT2D eigenvalue weighted by molar-refractivity contribution is 0.175. The van der Waals surface area contributed by atoms with E-state index in [1.165, 1.54) is 0 Å². The van der Waals surface area contributed by atoms with Crippen LogP contribution >= 0.6 is 11.6 Å². The molecule has 1 rings (SSSR count). The van der Waals surface area contributed by atoms with Gasteiger partial charge in [0.2, 0.25) is 0 Å². The topological polar surface area (TPSA) is 38.5 Å². The van der Waals surface area contributed by atoms with Crippen molar-refractivity contribution in [2.45, 2.75) is 26.8 Å². The average Bonchev–Trinajstić information content (AvgIpc) is 2.27. The Kier molecular flexibility index (Phi) is 5.65. The first-order valence-corrected chi connectivity index (χ1v) is 6.90. The van der Waals surface area contributed by atoms with E-state index >= 15 is 0 Å². The highest BCUT2D eigenvalue weighted by Crippen LogP contribution is 2.30. The number of ether oxygens (including phenoxy) is 1. The van der Waals surface area contributed by atoms with E-state index in [0.717, 1.165) is 12.1 Å². The number of benzene rings is 1. The molecule has 3 nitrogen and oxygen atoms in total. The molecule has 0 amide bonds. The molecule has 1 aromatic rings. The molecule has 1 unspecified atom stereocenters. The summed E-state index contributed by atoms with van der Waals surface area (Å²) in [6.07, 6.45) is 0. The fourth-order valence-corrected chi connectivity index (χ4v) is 2.58. The van der Waals surface area contributed by atoms with E-state index in [1.807, 2.05) is 18.2 Å². The van der Waals surface area contributed by atoms with Gasteiger partial charge in [0.25, 0.3) is 0 Å². The Morgan fingerprint density at radius 2 is 2.00 bits per heavy atom. The molecule has 0 aliphatic carbocycles. The summed E-state index contributed by atoms with van der Waals surface area (Å²) < 4.78 is 5.18. The Morgan fingerprint density at radius 3 is 2.42 bits per heavy atom. The smallest absolute Gasteiger partial charge is 0.137 e. The molecule has 19 heavy (non-hydrogen) atoms. The van der Waals surface area contributed by atoms with Crippen molar-refractivity contribution >= 4 is 11.6 Å². The van der Waals surface area contributed by atoms with Gasteiger partial charge in [-0.3, -0.25) is 4.90 Å². The summed E-state index contributed by atoms with van der Waals surface area (Å²) in [5, 5.41) is 0.627. The SMILES string of the molecule is COc1ccc(C(CN)N(C)CC(C)(C)C)cc1Cl. The van der Waals surface area contributed by atoms with E-state index in [-0.39, 0.29) is 11.5 Å². The van der Waals surface area contributed by atoms with Crippen molar-refractivity contribution in [3.8, 4) is 5.75 Å². The van der Waals surface area contributed by atoms with Crippen LogP contribution in [0.1, 0.15) is 32.4 Å². The second-order valence-electron chi connectivity index (χ2n) is 6.12. The van der Waals surface area contributed by atoms with Crippen LogP contribution in [0.15, 0.2) is 18.2 Å². The third kappa shape index (κ3) is 4.68. The van der Waals surface area contributed by atoms with Crippen LogP contribution in [0.5, 0.6) is 5.75 Å². The second kappa shape index (κ2) is 6.60. The van der Waals surface area contributed by atoms with Gasteiger partial charge in [0, 0.05) is 19.1 Å². The molecule has 0 aromatic heterocycles. The average molecular weight is 285 g/mol. The summed E-state index contributed by atoms with van der Waals surface area (Å²) in [6.45, 7) is 8.20. The molecule has 0 spiro atoms. The van der Waals surface area contributed by atoms with E-state index in [9.17, 15) is 0 Å². The summed E-state index contributed by atoms with van der Waals surface area (Å²) in [7, 11) is 3.72. The molecule has 0 fully saturated rings. The molecule has 0 radical (unpaired) electrons. The molecular formula is C15H25ClN2O. The Balaban J connectivity index is 2.94. The predicted molar refractivity (Wildman–Crippen MR) is 81.9 cm³/mol. The van der Waals surface area contributed by atoms with Gasteiger partial charge in [-0.25, -0.2) is 0 Å².